The molecular weight excluding hydrogens is 305 g/mol. The van der Waals surface area contributed by atoms with E-state index in [1.54, 1.807) is 12.1 Å². The van der Waals surface area contributed by atoms with Crippen molar-refractivity contribution in [3.05, 3.63) is 41.7 Å². The van der Waals surface area contributed by atoms with Crippen molar-refractivity contribution in [2.45, 2.75) is 32.7 Å². The molecular formula is C16H24FNO3S. The molecule has 0 bridgehead atoms. The maximum atomic E-state index is 12.9. The molecule has 1 aromatic carbocycles. The van der Waals surface area contributed by atoms with Crippen molar-refractivity contribution in [1.29, 1.82) is 0 Å². The van der Waals surface area contributed by atoms with Gasteiger partial charge in [-0.1, -0.05) is 38.1 Å². The Bertz CT molecular complexity index is 568. The van der Waals surface area contributed by atoms with Crippen LogP contribution in [0.3, 0.4) is 0 Å². The van der Waals surface area contributed by atoms with Gasteiger partial charge < -0.3 is 5.32 Å². The minimum absolute atomic E-state index is 0.103. The lowest BCUT2D eigenvalue weighted by atomic mass is 10.0. The van der Waals surface area contributed by atoms with Crippen LogP contribution in [0.25, 0.3) is 6.08 Å². The average Bonchev–Trinajstić information content (AvgIpc) is 2.40. The van der Waals surface area contributed by atoms with E-state index in [1.807, 2.05) is 12.2 Å². The first-order valence-corrected chi connectivity index (χ1v) is 8.99. The lowest BCUT2D eigenvalue weighted by Crippen LogP contribution is -2.30. The summed E-state index contributed by atoms with van der Waals surface area (Å²) in [5.41, 5.74) is 0.912. The van der Waals surface area contributed by atoms with Gasteiger partial charge in [-0.2, -0.15) is 8.42 Å². The molecule has 1 atom stereocenters. The minimum Gasteiger partial charge on any atom is -0.310 e. The van der Waals surface area contributed by atoms with Crippen LogP contribution in [0.1, 0.15) is 32.3 Å². The van der Waals surface area contributed by atoms with E-state index < -0.39 is 10.1 Å². The van der Waals surface area contributed by atoms with Gasteiger partial charge in [0.2, 0.25) is 0 Å². The summed E-state index contributed by atoms with van der Waals surface area (Å²) in [5, 5.41) is 3.27. The fourth-order valence-corrected chi connectivity index (χ4v) is 2.59. The van der Waals surface area contributed by atoms with Crippen LogP contribution in [-0.2, 0) is 10.1 Å². The van der Waals surface area contributed by atoms with Crippen LogP contribution >= 0.6 is 0 Å². The zero-order chi connectivity index (χ0) is 16.6. The molecule has 0 spiro atoms. The number of nitrogens with one attached hydrogen (secondary N) is 1. The van der Waals surface area contributed by atoms with Gasteiger partial charge in [0.25, 0.3) is 10.1 Å². The first-order chi connectivity index (χ1) is 10.3. The van der Waals surface area contributed by atoms with Gasteiger partial charge in [-0.3, -0.25) is 4.55 Å². The Hall–Kier alpha value is -1.24. The lowest BCUT2D eigenvalue weighted by Gasteiger charge is -2.17. The quantitative estimate of drug-likeness (QED) is 0.539. The van der Waals surface area contributed by atoms with E-state index in [4.69, 9.17) is 4.55 Å². The SMILES string of the molecule is CC(C)C[C@H](/C=C/c1ccc(F)cc1)NCCCS(=O)(=O)O. The molecule has 0 aliphatic heterocycles. The standard InChI is InChI=1S/C16H24FNO3S/c1-13(2)12-16(18-10-3-11-22(19,20)21)9-6-14-4-7-15(17)8-5-14/h4-9,13,16,18H,3,10-12H2,1-2H3,(H,19,20,21)/b9-6+/t16-/m0/s1. The van der Waals surface area contributed by atoms with Crippen LogP contribution in [0.15, 0.2) is 30.3 Å². The van der Waals surface area contributed by atoms with Crippen LogP contribution in [0.4, 0.5) is 4.39 Å². The summed E-state index contributed by atoms with van der Waals surface area (Å²) in [6.45, 7) is 4.72. The molecule has 0 amide bonds. The molecule has 0 unspecified atom stereocenters. The first kappa shape index (κ1) is 18.8. The minimum atomic E-state index is -3.90. The van der Waals surface area contributed by atoms with Crippen molar-refractivity contribution in [3.8, 4) is 0 Å². The van der Waals surface area contributed by atoms with Crippen molar-refractivity contribution >= 4 is 16.2 Å². The van der Waals surface area contributed by atoms with Crippen molar-refractivity contribution < 1.29 is 17.4 Å². The molecule has 0 aliphatic carbocycles. The maximum absolute atomic E-state index is 12.9. The third-order valence-electron chi connectivity index (χ3n) is 3.10. The van der Waals surface area contributed by atoms with Gasteiger partial charge in [-0.25, -0.2) is 4.39 Å². The number of rotatable bonds is 9. The van der Waals surface area contributed by atoms with Crippen LogP contribution in [0.2, 0.25) is 0 Å². The van der Waals surface area contributed by atoms with Crippen molar-refractivity contribution in [2.24, 2.45) is 5.92 Å². The van der Waals surface area contributed by atoms with Crippen LogP contribution in [-0.4, -0.2) is 31.3 Å². The molecule has 4 nitrogen and oxygen atoms in total. The predicted octanol–water partition coefficient (Wildman–Crippen LogP) is 3.12. The highest BCUT2D eigenvalue weighted by atomic mass is 32.2. The van der Waals surface area contributed by atoms with Gasteiger partial charge in [0.05, 0.1) is 5.75 Å². The fourth-order valence-electron chi connectivity index (χ4n) is 2.08. The molecule has 0 radical (unpaired) electrons. The van der Waals surface area contributed by atoms with E-state index in [1.165, 1.54) is 12.1 Å². The molecule has 6 heteroatoms. The highest BCUT2D eigenvalue weighted by Crippen LogP contribution is 2.10. The monoisotopic (exact) mass is 329 g/mol. The Kier molecular flexibility index (Phi) is 7.72. The zero-order valence-corrected chi connectivity index (χ0v) is 13.8. The van der Waals surface area contributed by atoms with Crippen LogP contribution in [0, 0.1) is 11.7 Å². The van der Waals surface area contributed by atoms with Gasteiger partial charge in [0.1, 0.15) is 5.82 Å². The van der Waals surface area contributed by atoms with E-state index in [0.29, 0.717) is 18.9 Å². The molecule has 0 aromatic heterocycles. The average molecular weight is 329 g/mol. The summed E-state index contributed by atoms with van der Waals surface area (Å²) in [4.78, 5) is 0. The molecule has 22 heavy (non-hydrogen) atoms. The lowest BCUT2D eigenvalue weighted by molar-refractivity contribution is 0.462. The third kappa shape index (κ3) is 8.92. The van der Waals surface area contributed by atoms with Crippen LogP contribution in [0.5, 0.6) is 0 Å². The highest BCUT2D eigenvalue weighted by molar-refractivity contribution is 7.85. The highest BCUT2D eigenvalue weighted by Gasteiger charge is 2.08. The summed E-state index contributed by atoms with van der Waals surface area (Å²) in [6.07, 6.45) is 5.18. The molecule has 1 rings (SSSR count). The van der Waals surface area contributed by atoms with Gasteiger partial charge >= 0.3 is 0 Å². The van der Waals surface area contributed by atoms with Crippen LogP contribution < -0.4 is 5.32 Å². The van der Waals surface area contributed by atoms with Crippen molar-refractivity contribution in [2.75, 3.05) is 12.3 Å². The number of halogens is 1. The number of hydrogen-bond acceptors (Lipinski definition) is 3. The van der Waals surface area contributed by atoms with E-state index in [9.17, 15) is 12.8 Å². The molecule has 0 aliphatic rings. The second kappa shape index (κ2) is 9.02. The molecule has 124 valence electrons. The largest absolute Gasteiger partial charge is 0.310 e. The van der Waals surface area contributed by atoms with Gasteiger partial charge in [0, 0.05) is 6.04 Å². The molecule has 0 saturated heterocycles. The summed E-state index contributed by atoms with van der Waals surface area (Å²) in [6, 6.07) is 6.34. The summed E-state index contributed by atoms with van der Waals surface area (Å²) in [7, 11) is -3.90. The Balaban J connectivity index is 2.54. The van der Waals surface area contributed by atoms with Gasteiger partial charge in [-0.05, 0) is 43.0 Å². The smallest absolute Gasteiger partial charge is 0.264 e. The summed E-state index contributed by atoms with van der Waals surface area (Å²) in [5.74, 6) is -0.0213. The first-order valence-electron chi connectivity index (χ1n) is 7.38. The number of hydrogen-bond donors (Lipinski definition) is 2. The number of benzene rings is 1. The summed E-state index contributed by atoms with van der Waals surface area (Å²) >= 11 is 0. The van der Waals surface area contributed by atoms with Crippen molar-refractivity contribution in [3.63, 3.8) is 0 Å². The second-order valence-electron chi connectivity index (χ2n) is 5.74. The zero-order valence-electron chi connectivity index (χ0n) is 13.0. The maximum Gasteiger partial charge on any atom is 0.264 e. The molecule has 0 fully saturated rings. The fraction of sp³-hybridized carbons (Fsp3) is 0.500. The Morgan fingerprint density at radius 1 is 1.27 bits per heavy atom. The summed E-state index contributed by atoms with van der Waals surface area (Å²) < 4.78 is 42.9. The van der Waals surface area contributed by atoms with Crippen molar-refractivity contribution in [1.82, 2.24) is 5.32 Å². The molecule has 2 N–H and O–H groups in total. The van der Waals surface area contributed by atoms with Gasteiger partial charge in [-0.15, -0.1) is 0 Å². The normalized spacial score (nSPS) is 13.9. The molecule has 0 heterocycles. The van der Waals surface area contributed by atoms with E-state index >= 15 is 0 Å². The second-order valence-corrected chi connectivity index (χ2v) is 7.31. The molecule has 0 saturated carbocycles. The Labute approximate surface area is 132 Å². The predicted molar refractivity (Wildman–Crippen MR) is 87.7 cm³/mol. The van der Waals surface area contributed by atoms with E-state index in [2.05, 4.69) is 19.2 Å². The van der Waals surface area contributed by atoms with E-state index in [0.717, 1.165) is 12.0 Å². The third-order valence-corrected chi connectivity index (χ3v) is 3.91. The van der Waals surface area contributed by atoms with E-state index in [-0.39, 0.29) is 17.6 Å². The molecule has 1 aromatic rings. The Morgan fingerprint density at radius 3 is 2.45 bits per heavy atom. The topological polar surface area (TPSA) is 66.4 Å². The Morgan fingerprint density at radius 2 is 1.91 bits per heavy atom. The van der Waals surface area contributed by atoms with Gasteiger partial charge in [0.15, 0.2) is 0 Å².